The minimum atomic E-state index is -4.15. The summed E-state index contributed by atoms with van der Waals surface area (Å²) in [6, 6.07) is 8.23. The maximum atomic E-state index is 14.7. The fourth-order valence-electron chi connectivity index (χ4n) is 2.80. The predicted octanol–water partition coefficient (Wildman–Crippen LogP) is 3.71. The van der Waals surface area contributed by atoms with E-state index in [1.165, 1.54) is 29.0 Å². The number of fused-ring (bicyclic) bond motifs is 1. The average molecular weight is 436 g/mol. The second-order valence-electron chi connectivity index (χ2n) is 6.03. The molecular formula is C18H12ClF2N5O2S. The second kappa shape index (κ2) is 6.98. The fraction of sp³-hybridized carbons (Fsp3) is 0. The molecule has 29 heavy (non-hydrogen) atoms. The van der Waals surface area contributed by atoms with Crippen molar-refractivity contribution in [1.29, 1.82) is 0 Å². The van der Waals surface area contributed by atoms with Crippen molar-refractivity contribution in [2.75, 3.05) is 10.5 Å². The van der Waals surface area contributed by atoms with E-state index in [9.17, 15) is 17.2 Å². The van der Waals surface area contributed by atoms with Crippen molar-refractivity contribution < 1.29 is 17.2 Å². The molecular weight excluding hydrogens is 424 g/mol. The number of nitrogens with zero attached hydrogens (tertiary/aromatic N) is 3. The van der Waals surface area contributed by atoms with Gasteiger partial charge in [-0.1, -0.05) is 11.6 Å². The summed E-state index contributed by atoms with van der Waals surface area (Å²) in [7, 11) is -4.15. The third-order valence-corrected chi connectivity index (χ3v) is 6.01. The molecule has 0 aliphatic heterocycles. The molecule has 2 aromatic carbocycles. The van der Waals surface area contributed by atoms with Gasteiger partial charge in [-0.2, -0.15) is 9.61 Å². The average Bonchev–Trinajstić information content (AvgIpc) is 3.12. The maximum Gasteiger partial charge on any atom is 0.263 e. The number of aromatic nitrogens is 3. The van der Waals surface area contributed by atoms with Gasteiger partial charge in [-0.05, 0) is 36.4 Å². The summed E-state index contributed by atoms with van der Waals surface area (Å²) in [6.07, 6.45) is 2.92. The molecule has 0 aliphatic carbocycles. The van der Waals surface area contributed by atoms with Crippen LogP contribution in [-0.4, -0.2) is 23.0 Å². The largest absolute Gasteiger partial charge is 0.383 e. The number of benzene rings is 2. The fourth-order valence-corrected chi connectivity index (χ4v) is 4.38. The molecule has 4 rings (SSSR count). The van der Waals surface area contributed by atoms with E-state index in [-0.39, 0.29) is 27.0 Å². The van der Waals surface area contributed by atoms with Crippen molar-refractivity contribution in [1.82, 2.24) is 14.6 Å². The van der Waals surface area contributed by atoms with Gasteiger partial charge in [-0.15, -0.1) is 0 Å². The quantitative estimate of drug-likeness (QED) is 0.508. The molecule has 148 valence electrons. The Labute approximate surface area is 168 Å². The van der Waals surface area contributed by atoms with Gasteiger partial charge in [0.25, 0.3) is 10.0 Å². The third kappa shape index (κ3) is 3.47. The van der Waals surface area contributed by atoms with Crippen LogP contribution in [0.15, 0.2) is 59.8 Å². The smallest absolute Gasteiger partial charge is 0.263 e. The lowest BCUT2D eigenvalue weighted by Gasteiger charge is -2.12. The molecule has 0 bridgehead atoms. The van der Waals surface area contributed by atoms with Crippen LogP contribution < -0.4 is 10.5 Å². The van der Waals surface area contributed by atoms with E-state index in [1.807, 2.05) is 0 Å². The summed E-state index contributed by atoms with van der Waals surface area (Å²) in [5.74, 6) is -1.22. The van der Waals surface area contributed by atoms with Crippen molar-refractivity contribution in [3.63, 3.8) is 0 Å². The van der Waals surface area contributed by atoms with Gasteiger partial charge in [0.05, 0.1) is 16.9 Å². The normalized spacial score (nSPS) is 11.7. The maximum absolute atomic E-state index is 14.7. The standard InChI is InChI=1S/C18H12ClF2N5O2S/c19-14-7-10(20)1-4-16(14)29(27,28)25-11-2-3-12(15(21)8-11)13-9-23-17-5-6-24-26(17)18(13)22/h1-9,25H,22H2. The highest BCUT2D eigenvalue weighted by molar-refractivity contribution is 7.92. The lowest BCUT2D eigenvalue weighted by atomic mass is 10.1. The zero-order chi connectivity index (χ0) is 20.8. The number of sulfonamides is 1. The first kappa shape index (κ1) is 19.1. The van der Waals surface area contributed by atoms with Crippen LogP contribution in [0.25, 0.3) is 16.8 Å². The number of rotatable bonds is 4. The number of hydrogen-bond donors (Lipinski definition) is 2. The molecule has 0 saturated carbocycles. The Morgan fingerprint density at radius 3 is 2.59 bits per heavy atom. The van der Waals surface area contributed by atoms with E-state index in [2.05, 4.69) is 14.8 Å². The Morgan fingerprint density at radius 1 is 1.07 bits per heavy atom. The first-order valence-electron chi connectivity index (χ1n) is 8.12. The van der Waals surface area contributed by atoms with Crippen LogP contribution in [0.1, 0.15) is 0 Å². The van der Waals surface area contributed by atoms with Crippen LogP contribution in [0.3, 0.4) is 0 Å². The molecule has 2 aromatic heterocycles. The van der Waals surface area contributed by atoms with Gasteiger partial charge in [0.15, 0.2) is 5.65 Å². The number of halogens is 3. The molecule has 2 heterocycles. The highest BCUT2D eigenvalue weighted by atomic mass is 35.5. The highest BCUT2D eigenvalue weighted by Crippen LogP contribution is 2.31. The first-order valence-corrected chi connectivity index (χ1v) is 9.98. The number of hydrogen-bond acceptors (Lipinski definition) is 5. The van der Waals surface area contributed by atoms with Gasteiger partial charge < -0.3 is 5.73 Å². The van der Waals surface area contributed by atoms with Crippen molar-refractivity contribution >= 4 is 38.8 Å². The van der Waals surface area contributed by atoms with Crippen molar-refractivity contribution in [2.45, 2.75) is 4.90 Å². The summed E-state index contributed by atoms with van der Waals surface area (Å²) >= 11 is 5.81. The van der Waals surface area contributed by atoms with Crippen LogP contribution in [-0.2, 0) is 10.0 Å². The molecule has 3 N–H and O–H groups in total. The molecule has 4 aromatic rings. The van der Waals surface area contributed by atoms with E-state index in [0.29, 0.717) is 11.2 Å². The molecule has 11 heteroatoms. The van der Waals surface area contributed by atoms with Gasteiger partial charge in [0.1, 0.15) is 22.3 Å². The molecule has 0 radical (unpaired) electrons. The Hall–Kier alpha value is -3.24. The van der Waals surface area contributed by atoms with Crippen molar-refractivity contribution in [3.05, 3.63) is 71.5 Å². The predicted molar refractivity (Wildman–Crippen MR) is 105 cm³/mol. The summed E-state index contributed by atoms with van der Waals surface area (Å²) in [6.45, 7) is 0. The Balaban J connectivity index is 1.69. The summed E-state index contributed by atoms with van der Waals surface area (Å²) in [5, 5.41) is 3.73. The lowest BCUT2D eigenvalue weighted by molar-refractivity contribution is 0.599. The third-order valence-electron chi connectivity index (χ3n) is 4.15. The first-order chi connectivity index (χ1) is 13.8. The molecule has 0 fully saturated rings. The topological polar surface area (TPSA) is 102 Å². The SMILES string of the molecule is Nc1c(-c2ccc(NS(=O)(=O)c3ccc(F)cc3Cl)cc2F)cnc2ccnn12. The van der Waals surface area contributed by atoms with Crippen LogP contribution in [0, 0.1) is 11.6 Å². The molecule has 0 amide bonds. The minimum Gasteiger partial charge on any atom is -0.383 e. The number of nitrogen functional groups attached to an aromatic ring is 1. The zero-order valence-corrected chi connectivity index (χ0v) is 16.0. The van der Waals surface area contributed by atoms with E-state index in [0.717, 1.165) is 24.3 Å². The van der Waals surface area contributed by atoms with Gasteiger partial charge in [-0.25, -0.2) is 22.2 Å². The summed E-state index contributed by atoms with van der Waals surface area (Å²) < 4.78 is 56.4. The minimum absolute atomic E-state index is 0.0432. The van der Waals surface area contributed by atoms with Gasteiger partial charge in [-0.3, -0.25) is 4.72 Å². The molecule has 0 aliphatic rings. The number of anilines is 2. The van der Waals surface area contributed by atoms with E-state index >= 15 is 0 Å². The molecule has 0 saturated heterocycles. The van der Waals surface area contributed by atoms with Crippen LogP contribution in [0.2, 0.25) is 5.02 Å². The monoisotopic (exact) mass is 435 g/mol. The van der Waals surface area contributed by atoms with Crippen LogP contribution in [0.5, 0.6) is 0 Å². The van der Waals surface area contributed by atoms with Gasteiger partial charge >= 0.3 is 0 Å². The lowest BCUT2D eigenvalue weighted by Crippen LogP contribution is -2.14. The van der Waals surface area contributed by atoms with E-state index < -0.39 is 21.7 Å². The van der Waals surface area contributed by atoms with Crippen molar-refractivity contribution in [3.8, 4) is 11.1 Å². The van der Waals surface area contributed by atoms with Gasteiger partial charge in [0, 0.05) is 23.4 Å². The number of nitrogens with two attached hydrogens (primary N) is 1. The Bertz CT molecular complexity index is 1360. The highest BCUT2D eigenvalue weighted by Gasteiger charge is 2.20. The zero-order valence-electron chi connectivity index (χ0n) is 14.5. The van der Waals surface area contributed by atoms with Crippen molar-refractivity contribution in [2.24, 2.45) is 0 Å². The van der Waals surface area contributed by atoms with Crippen LogP contribution >= 0.6 is 11.6 Å². The Morgan fingerprint density at radius 2 is 1.86 bits per heavy atom. The van der Waals surface area contributed by atoms with E-state index in [1.54, 1.807) is 6.07 Å². The second-order valence-corrected chi connectivity index (χ2v) is 8.09. The Kier molecular flexibility index (Phi) is 4.59. The summed E-state index contributed by atoms with van der Waals surface area (Å²) in [5.41, 5.74) is 6.93. The molecule has 0 spiro atoms. The van der Waals surface area contributed by atoms with Gasteiger partial charge in [0.2, 0.25) is 0 Å². The summed E-state index contributed by atoms with van der Waals surface area (Å²) in [4.78, 5) is 3.82. The molecule has 0 atom stereocenters. The van der Waals surface area contributed by atoms with Crippen LogP contribution in [0.4, 0.5) is 20.3 Å². The number of nitrogens with one attached hydrogen (secondary N) is 1. The van der Waals surface area contributed by atoms with E-state index in [4.69, 9.17) is 17.3 Å². The molecule has 7 nitrogen and oxygen atoms in total. The molecule has 0 unspecified atom stereocenters.